The van der Waals surface area contributed by atoms with Crippen LogP contribution in [0.4, 0.5) is 0 Å². The number of aromatic amines is 1. The minimum absolute atomic E-state index is 0.151. The van der Waals surface area contributed by atoms with Gasteiger partial charge in [0, 0.05) is 0 Å². The Balaban J connectivity index is 2.90. The summed E-state index contributed by atoms with van der Waals surface area (Å²) in [5, 5.41) is 16.7. The molecule has 0 amide bonds. The monoisotopic (exact) mass is 123 g/mol. The van der Waals surface area contributed by atoms with E-state index in [0.29, 0.717) is 11.5 Å². The Kier molecular flexibility index (Phi) is 1.47. The van der Waals surface area contributed by atoms with Gasteiger partial charge in [-0.05, 0) is 0 Å². The lowest BCUT2D eigenvalue weighted by Gasteiger charge is -1.80. The minimum Gasteiger partial charge on any atom is -0.388 e. The molecular weight excluding hydrogens is 118 g/mol. The number of hydrogen-bond acceptors (Lipinski definition) is 3. The topological polar surface area (TPSA) is 72.7 Å². The zero-order valence-corrected chi connectivity index (χ0v) is 4.63. The fourth-order valence-electron chi connectivity index (χ4n) is 0.500. The lowest BCUT2D eigenvalue weighted by molar-refractivity contribution is 0.272. The number of H-pyrrole nitrogens is 1. The van der Waals surface area contributed by atoms with E-state index in [9.17, 15) is 0 Å². The van der Waals surface area contributed by atoms with Gasteiger partial charge in [0.1, 0.15) is 24.2 Å². The molecule has 1 aromatic rings. The fourth-order valence-corrected chi connectivity index (χ4v) is 0.500. The van der Waals surface area contributed by atoms with Crippen LogP contribution in [0.15, 0.2) is 6.20 Å². The van der Waals surface area contributed by atoms with Crippen molar-refractivity contribution in [3.8, 4) is 6.07 Å². The maximum absolute atomic E-state index is 8.44. The van der Waals surface area contributed by atoms with Gasteiger partial charge in [0.05, 0.1) is 6.20 Å². The quantitative estimate of drug-likeness (QED) is 0.542. The van der Waals surface area contributed by atoms with E-state index < -0.39 is 0 Å². The Bertz CT molecular complexity index is 235. The Hall–Kier alpha value is -1.34. The molecule has 2 N–H and O–H groups in total. The molecule has 0 bridgehead atoms. The maximum atomic E-state index is 8.44. The Morgan fingerprint density at radius 3 is 3.00 bits per heavy atom. The van der Waals surface area contributed by atoms with Gasteiger partial charge < -0.3 is 10.1 Å². The third-order valence-corrected chi connectivity index (χ3v) is 0.899. The molecule has 0 aliphatic carbocycles. The van der Waals surface area contributed by atoms with E-state index in [2.05, 4.69) is 9.97 Å². The number of aliphatic hydroxyl groups excluding tert-OH is 1. The predicted octanol–water partition coefficient (Wildman–Crippen LogP) is -0.226. The Labute approximate surface area is 51.8 Å². The van der Waals surface area contributed by atoms with Gasteiger partial charge in [-0.25, -0.2) is 4.98 Å². The van der Waals surface area contributed by atoms with Crippen LogP contribution < -0.4 is 0 Å². The normalized spacial score (nSPS) is 8.89. The minimum atomic E-state index is -0.151. The molecule has 0 atom stereocenters. The summed E-state index contributed by atoms with van der Waals surface area (Å²) in [6.07, 6.45) is 1.38. The van der Waals surface area contributed by atoms with Gasteiger partial charge in [0.15, 0.2) is 0 Å². The van der Waals surface area contributed by atoms with Crippen molar-refractivity contribution in [3.63, 3.8) is 0 Å². The molecule has 1 heterocycles. The summed E-state index contributed by atoms with van der Waals surface area (Å²) in [4.78, 5) is 6.27. The van der Waals surface area contributed by atoms with Crippen LogP contribution in [0, 0.1) is 11.3 Å². The van der Waals surface area contributed by atoms with Gasteiger partial charge in [-0.1, -0.05) is 0 Å². The van der Waals surface area contributed by atoms with Crippen LogP contribution in [0.1, 0.15) is 11.5 Å². The van der Waals surface area contributed by atoms with Crippen LogP contribution >= 0.6 is 0 Å². The number of nitriles is 1. The van der Waals surface area contributed by atoms with Crippen LogP contribution in [0.25, 0.3) is 0 Å². The third kappa shape index (κ3) is 1.06. The summed E-state index contributed by atoms with van der Waals surface area (Å²) in [6, 6.07) is 1.85. The lowest BCUT2D eigenvalue weighted by atomic mass is 10.5. The van der Waals surface area contributed by atoms with Crippen molar-refractivity contribution in [3.05, 3.63) is 17.7 Å². The van der Waals surface area contributed by atoms with E-state index in [4.69, 9.17) is 10.4 Å². The molecule has 1 aromatic heterocycles. The fraction of sp³-hybridized carbons (Fsp3) is 0.200. The van der Waals surface area contributed by atoms with Crippen LogP contribution in [-0.2, 0) is 6.61 Å². The zero-order valence-electron chi connectivity index (χ0n) is 4.63. The second-order valence-corrected chi connectivity index (χ2v) is 1.51. The smallest absolute Gasteiger partial charge is 0.137 e. The molecule has 46 valence electrons. The molecule has 0 saturated heterocycles. The highest BCUT2D eigenvalue weighted by Crippen LogP contribution is 1.92. The molecule has 0 aromatic carbocycles. The SMILES string of the molecule is N#Cc1cnc(CO)[nH]1. The van der Waals surface area contributed by atoms with Crippen molar-refractivity contribution in [2.75, 3.05) is 0 Å². The van der Waals surface area contributed by atoms with E-state index >= 15 is 0 Å². The maximum Gasteiger partial charge on any atom is 0.137 e. The first-order valence-corrected chi connectivity index (χ1v) is 2.41. The second-order valence-electron chi connectivity index (χ2n) is 1.51. The lowest BCUT2D eigenvalue weighted by Crippen LogP contribution is -1.84. The summed E-state index contributed by atoms with van der Waals surface area (Å²) >= 11 is 0. The van der Waals surface area contributed by atoms with Crippen molar-refractivity contribution in [2.45, 2.75) is 6.61 Å². The summed E-state index contributed by atoms with van der Waals surface area (Å²) < 4.78 is 0. The summed E-state index contributed by atoms with van der Waals surface area (Å²) in [5.41, 5.74) is 0.374. The Morgan fingerprint density at radius 2 is 2.67 bits per heavy atom. The highest BCUT2D eigenvalue weighted by molar-refractivity contribution is 5.16. The van der Waals surface area contributed by atoms with E-state index in [1.165, 1.54) is 6.20 Å². The van der Waals surface area contributed by atoms with Gasteiger partial charge in [-0.2, -0.15) is 5.26 Å². The Morgan fingerprint density at radius 1 is 1.89 bits per heavy atom. The number of aromatic nitrogens is 2. The molecule has 4 nitrogen and oxygen atoms in total. The van der Waals surface area contributed by atoms with Crippen molar-refractivity contribution < 1.29 is 5.11 Å². The average Bonchev–Trinajstić information content (AvgIpc) is 2.34. The molecule has 0 aliphatic heterocycles. The third-order valence-electron chi connectivity index (χ3n) is 0.899. The molecule has 1 rings (SSSR count). The zero-order chi connectivity index (χ0) is 6.69. The van der Waals surface area contributed by atoms with E-state index in [1.54, 1.807) is 0 Å². The van der Waals surface area contributed by atoms with Crippen LogP contribution in [0.3, 0.4) is 0 Å². The summed E-state index contributed by atoms with van der Waals surface area (Å²) in [6.45, 7) is -0.151. The van der Waals surface area contributed by atoms with E-state index in [1.807, 2.05) is 6.07 Å². The standard InChI is InChI=1S/C5H5N3O/c6-1-4-2-7-5(3-9)8-4/h2,9H,3H2,(H,7,8). The molecular formula is C5H5N3O. The van der Waals surface area contributed by atoms with E-state index in [0.717, 1.165) is 0 Å². The van der Waals surface area contributed by atoms with Gasteiger partial charge >= 0.3 is 0 Å². The molecule has 4 heteroatoms. The highest BCUT2D eigenvalue weighted by Gasteiger charge is 1.94. The number of nitrogens with zero attached hydrogens (tertiary/aromatic N) is 2. The van der Waals surface area contributed by atoms with Crippen LogP contribution in [-0.4, -0.2) is 15.1 Å². The summed E-state index contributed by atoms with van der Waals surface area (Å²) in [5.74, 6) is 0.423. The largest absolute Gasteiger partial charge is 0.388 e. The number of nitrogens with one attached hydrogen (secondary N) is 1. The van der Waals surface area contributed by atoms with Gasteiger partial charge in [-0.15, -0.1) is 0 Å². The van der Waals surface area contributed by atoms with Crippen LogP contribution in [0.2, 0.25) is 0 Å². The first kappa shape index (κ1) is 5.79. The van der Waals surface area contributed by atoms with Crippen molar-refractivity contribution >= 4 is 0 Å². The van der Waals surface area contributed by atoms with Crippen molar-refractivity contribution in [1.29, 1.82) is 5.26 Å². The molecule has 0 unspecified atom stereocenters. The van der Waals surface area contributed by atoms with Gasteiger partial charge in [-0.3, -0.25) is 0 Å². The first-order valence-electron chi connectivity index (χ1n) is 2.41. The molecule has 0 spiro atoms. The number of rotatable bonds is 1. The molecule has 0 fully saturated rings. The van der Waals surface area contributed by atoms with Crippen molar-refractivity contribution in [2.24, 2.45) is 0 Å². The highest BCUT2D eigenvalue weighted by atomic mass is 16.3. The summed E-state index contributed by atoms with van der Waals surface area (Å²) in [7, 11) is 0. The number of hydrogen-bond donors (Lipinski definition) is 2. The first-order chi connectivity index (χ1) is 4.36. The molecule has 0 aliphatic rings. The van der Waals surface area contributed by atoms with Crippen LogP contribution in [0.5, 0.6) is 0 Å². The predicted molar refractivity (Wildman–Crippen MR) is 29.2 cm³/mol. The van der Waals surface area contributed by atoms with Gasteiger partial charge in [0.25, 0.3) is 0 Å². The average molecular weight is 123 g/mol. The van der Waals surface area contributed by atoms with Gasteiger partial charge in [0.2, 0.25) is 0 Å². The number of imidazole rings is 1. The molecule has 0 radical (unpaired) electrons. The molecule has 0 saturated carbocycles. The number of aliphatic hydroxyl groups is 1. The van der Waals surface area contributed by atoms with E-state index in [-0.39, 0.29) is 6.61 Å². The second kappa shape index (κ2) is 2.29. The van der Waals surface area contributed by atoms with Crippen molar-refractivity contribution in [1.82, 2.24) is 9.97 Å². The molecule has 9 heavy (non-hydrogen) atoms.